The average molecular weight is 660 g/mol. The summed E-state index contributed by atoms with van der Waals surface area (Å²) in [4.78, 5) is 29.6. The summed E-state index contributed by atoms with van der Waals surface area (Å²) in [7, 11) is -3.68. The van der Waals surface area contributed by atoms with Crippen LogP contribution in [0.2, 0.25) is 0 Å². The van der Waals surface area contributed by atoms with Crippen molar-refractivity contribution in [3.05, 3.63) is 56.4 Å². The number of hydrogen-bond donors (Lipinski definition) is 3. The minimum absolute atomic E-state index is 0.0178. The number of ether oxygens (including phenoxy) is 1. The van der Waals surface area contributed by atoms with Crippen LogP contribution in [0.15, 0.2) is 40.2 Å². The monoisotopic (exact) mass is 658 g/mol. The largest absolute Gasteiger partial charge is 0.371 e. The second-order valence-electron chi connectivity index (χ2n) is 10.4. The Labute approximate surface area is 247 Å². The van der Waals surface area contributed by atoms with E-state index in [-0.39, 0.29) is 25.5 Å². The Bertz CT molecular complexity index is 1260. The molecule has 0 saturated carbocycles. The van der Waals surface area contributed by atoms with Gasteiger partial charge in [0.05, 0.1) is 25.5 Å². The number of amides is 2. The summed E-state index contributed by atoms with van der Waals surface area (Å²) in [6, 6.07) is 6.68. The fourth-order valence-electron chi connectivity index (χ4n) is 5.23. The van der Waals surface area contributed by atoms with Crippen molar-refractivity contribution in [3.8, 4) is 0 Å². The van der Waals surface area contributed by atoms with E-state index < -0.39 is 39.9 Å². The van der Waals surface area contributed by atoms with Gasteiger partial charge in [-0.25, -0.2) is 17.5 Å². The van der Waals surface area contributed by atoms with E-state index in [1.165, 1.54) is 22.3 Å². The van der Waals surface area contributed by atoms with Crippen molar-refractivity contribution in [2.24, 2.45) is 5.92 Å². The molecule has 2 aliphatic rings. The highest BCUT2D eigenvalue weighted by Crippen LogP contribution is 2.26. The van der Waals surface area contributed by atoms with Crippen LogP contribution in [0.4, 0.5) is 4.39 Å². The lowest BCUT2D eigenvalue weighted by Gasteiger charge is -2.29. The number of benzene rings is 1. The first-order valence-corrected chi connectivity index (χ1v) is 17.0. The van der Waals surface area contributed by atoms with Crippen molar-refractivity contribution in [2.45, 2.75) is 63.4 Å². The first kappa shape index (κ1) is 31.0. The molecule has 40 heavy (non-hydrogen) atoms. The van der Waals surface area contributed by atoms with E-state index in [0.717, 1.165) is 37.1 Å². The first-order chi connectivity index (χ1) is 19.1. The maximum Gasteiger partial charge on any atom is 0.243 e. The first-order valence-electron chi connectivity index (χ1n) is 13.4. The number of sulfonamides is 1. The van der Waals surface area contributed by atoms with Gasteiger partial charge in [0.2, 0.25) is 21.8 Å². The van der Waals surface area contributed by atoms with Crippen LogP contribution in [-0.4, -0.2) is 69.2 Å². The number of rotatable bonds is 12. The SMILES string of the molecule is CS(=O)(=O)N[C@H](CCC1CCNCC1)C(=O)N1C[C@H](OCc2ccc(Br)cc2F)C[C@@H]1C(=O)NCc1cccs1. The molecule has 9 nitrogen and oxygen atoms in total. The molecule has 220 valence electrons. The molecule has 0 unspecified atom stereocenters. The van der Waals surface area contributed by atoms with Gasteiger partial charge in [0.25, 0.3) is 0 Å². The molecule has 0 spiro atoms. The summed E-state index contributed by atoms with van der Waals surface area (Å²) in [5, 5.41) is 8.14. The molecular formula is C27H36BrFN4O5S2. The van der Waals surface area contributed by atoms with Crippen molar-refractivity contribution in [2.75, 3.05) is 25.9 Å². The Balaban J connectivity index is 1.48. The number of halogens is 2. The zero-order valence-electron chi connectivity index (χ0n) is 22.4. The summed E-state index contributed by atoms with van der Waals surface area (Å²) < 4.78 is 47.9. The van der Waals surface area contributed by atoms with Crippen LogP contribution < -0.4 is 15.4 Å². The van der Waals surface area contributed by atoms with Crippen molar-refractivity contribution in [1.29, 1.82) is 0 Å². The molecule has 0 bridgehead atoms. The number of likely N-dealkylation sites (tertiary alicyclic amines) is 1. The van der Waals surface area contributed by atoms with Gasteiger partial charge in [-0.1, -0.05) is 28.1 Å². The molecule has 3 atom stereocenters. The second kappa shape index (κ2) is 14.3. The molecule has 4 rings (SSSR count). The fourth-order valence-corrected chi connectivity index (χ4v) is 6.94. The number of thiophene rings is 1. The molecular weight excluding hydrogens is 623 g/mol. The van der Waals surface area contributed by atoms with Gasteiger partial charge in [-0.05, 0) is 68.3 Å². The molecule has 2 amide bonds. The van der Waals surface area contributed by atoms with Gasteiger partial charge in [-0.15, -0.1) is 11.3 Å². The summed E-state index contributed by atoms with van der Waals surface area (Å²) in [6.07, 6.45) is 3.72. The van der Waals surface area contributed by atoms with Crippen molar-refractivity contribution < 1.29 is 27.1 Å². The van der Waals surface area contributed by atoms with E-state index in [0.29, 0.717) is 35.3 Å². The van der Waals surface area contributed by atoms with E-state index in [2.05, 4.69) is 31.3 Å². The average Bonchev–Trinajstić information content (AvgIpc) is 3.59. The number of hydrogen-bond acceptors (Lipinski definition) is 7. The van der Waals surface area contributed by atoms with Crippen LogP contribution >= 0.6 is 27.3 Å². The predicted molar refractivity (Wildman–Crippen MR) is 156 cm³/mol. The van der Waals surface area contributed by atoms with Crippen LogP contribution in [0, 0.1) is 11.7 Å². The van der Waals surface area contributed by atoms with Gasteiger partial charge in [0.1, 0.15) is 17.9 Å². The molecule has 3 heterocycles. The summed E-state index contributed by atoms with van der Waals surface area (Å²) in [5.41, 5.74) is 0.366. The zero-order valence-corrected chi connectivity index (χ0v) is 25.6. The Morgan fingerprint density at radius 1 is 1.27 bits per heavy atom. The molecule has 0 radical (unpaired) electrons. The highest BCUT2D eigenvalue weighted by molar-refractivity contribution is 9.10. The third-order valence-electron chi connectivity index (χ3n) is 7.33. The third-order valence-corrected chi connectivity index (χ3v) is 9.41. The van der Waals surface area contributed by atoms with Crippen LogP contribution in [0.1, 0.15) is 42.5 Å². The number of nitrogens with zero attached hydrogens (tertiary/aromatic N) is 1. The van der Waals surface area contributed by atoms with Crippen molar-refractivity contribution >= 4 is 49.1 Å². The fraction of sp³-hybridized carbons (Fsp3) is 0.556. The molecule has 0 aliphatic carbocycles. The standard InChI is InChI=1S/C27H36BrFN4O5S2/c1-40(36,37)32-24(7-4-18-8-10-30-11-9-18)27(35)33-16-21(38-17-19-5-6-20(28)13-23(19)29)14-25(33)26(34)31-15-22-3-2-12-39-22/h2-3,5-6,12-13,18,21,24-25,30,32H,4,7-11,14-17H2,1H3,(H,31,34)/t21-,24-,25-/m1/s1. The number of carbonyl (C=O) groups excluding carboxylic acids is 2. The molecule has 2 saturated heterocycles. The van der Waals surface area contributed by atoms with Gasteiger partial charge in [-0.3, -0.25) is 9.59 Å². The summed E-state index contributed by atoms with van der Waals surface area (Å²) >= 11 is 4.76. The molecule has 1 aromatic heterocycles. The smallest absolute Gasteiger partial charge is 0.243 e. The van der Waals surface area contributed by atoms with Gasteiger partial charge in [0, 0.05) is 27.9 Å². The quantitative estimate of drug-likeness (QED) is 0.323. The topological polar surface area (TPSA) is 117 Å². The Kier molecular flexibility index (Phi) is 11.1. The molecule has 2 aliphatic heterocycles. The highest BCUT2D eigenvalue weighted by Gasteiger charge is 2.42. The minimum Gasteiger partial charge on any atom is -0.371 e. The maximum absolute atomic E-state index is 14.4. The molecule has 2 fully saturated rings. The Morgan fingerprint density at radius 3 is 2.73 bits per heavy atom. The summed E-state index contributed by atoms with van der Waals surface area (Å²) in [6.45, 7) is 2.21. The maximum atomic E-state index is 14.4. The van der Waals surface area contributed by atoms with Crippen molar-refractivity contribution in [1.82, 2.24) is 20.3 Å². The van der Waals surface area contributed by atoms with Gasteiger partial charge in [-0.2, -0.15) is 0 Å². The minimum atomic E-state index is -3.68. The van der Waals surface area contributed by atoms with Crippen LogP contribution in [-0.2, 0) is 37.5 Å². The third kappa shape index (κ3) is 9.05. The second-order valence-corrected chi connectivity index (χ2v) is 14.1. The Hall–Kier alpha value is -1.90. The van der Waals surface area contributed by atoms with Crippen LogP contribution in [0.5, 0.6) is 0 Å². The van der Waals surface area contributed by atoms with E-state index in [9.17, 15) is 22.4 Å². The number of carbonyl (C=O) groups is 2. The van der Waals surface area contributed by atoms with Gasteiger partial charge in [0.15, 0.2) is 0 Å². The lowest BCUT2D eigenvalue weighted by Crippen LogP contribution is -2.53. The lowest BCUT2D eigenvalue weighted by molar-refractivity contribution is -0.140. The number of piperidine rings is 1. The molecule has 2 aromatic rings. The van der Waals surface area contributed by atoms with Crippen LogP contribution in [0.3, 0.4) is 0 Å². The lowest BCUT2D eigenvalue weighted by atomic mass is 9.91. The molecule has 3 N–H and O–H groups in total. The molecule has 1 aromatic carbocycles. The highest BCUT2D eigenvalue weighted by atomic mass is 79.9. The van der Waals surface area contributed by atoms with Gasteiger partial charge < -0.3 is 20.3 Å². The van der Waals surface area contributed by atoms with Crippen LogP contribution in [0.25, 0.3) is 0 Å². The van der Waals surface area contributed by atoms with E-state index >= 15 is 0 Å². The van der Waals surface area contributed by atoms with E-state index in [4.69, 9.17) is 4.74 Å². The van der Waals surface area contributed by atoms with E-state index in [1.54, 1.807) is 12.1 Å². The summed E-state index contributed by atoms with van der Waals surface area (Å²) in [5.74, 6) is -0.796. The van der Waals surface area contributed by atoms with E-state index in [1.807, 2.05) is 17.5 Å². The molecule has 13 heteroatoms. The van der Waals surface area contributed by atoms with Gasteiger partial charge >= 0.3 is 0 Å². The zero-order chi connectivity index (χ0) is 28.7. The predicted octanol–water partition coefficient (Wildman–Crippen LogP) is 3.15. The number of nitrogens with one attached hydrogen (secondary N) is 3. The normalized spacial score (nSPS) is 20.9. The Morgan fingerprint density at radius 2 is 2.05 bits per heavy atom. The van der Waals surface area contributed by atoms with Crippen molar-refractivity contribution in [3.63, 3.8) is 0 Å².